The van der Waals surface area contributed by atoms with Crippen LogP contribution in [0.3, 0.4) is 0 Å². The molecule has 3 heteroatoms. The molecule has 2 rings (SSSR count). The minimum absolute atomic E-state index is 0.119. The topological polar surface area (TPSA) is 25.8 Å². The van der Waals surface area contributed by atoms with Crippen LogP contribution in [0.1, 0.15) is 57.2 Å². The normalized spacial score (nSPS) is 12.6. The summed E-state index contributed by atoms with van der Waals surface area (Å²) in [5, 5.41) is 0. The van der Waals surface area contributed by atoms with Crippen molar-refractivity contribution < 1.29 is 0 Å². The first-order chi connectivity index (χ1) is 7.82. The third kappa shape index (κ3) is 2.08. The molecular weight excluding hydrogens is 228 g/mol. The Balaban J connectivity index is 2.85. The van der Waals surface area contributed by atoms with Crippen LogP contribution in [-0.4, -0.2) is 8.75 Å². The number of fused-ring (bicyclic) bond motifs is 1. The third-order valence-corrected chi connectivity index (χ3v) is 3.67. The molecule has 0 N–H and O–H groups in total. The van der Waals surface area contributed by atoms with Crippen molar-refractivity contribution in [1.82, 2.24) is 8.75 Å². The minimum atomic E-state index is 0.119. The van der Waals surface area contributed by atoms with Crippen LogP contribution in [0.15, 0.2) is 6.07 Å². The Bertz CT molecular complexity index is 547. The first-order valence-corrected chi connectivity index (χ1v) is 6.81. The summed E-state index contributed by atoms with van der Waals surface area (Å²) in [5.41, 5.74) is 6.31. The van der Waals surface area contributed by atoms with Crippen LogP contribution >= 0.6 is 11.7 Å². The Morgan fingerprint density at radius 2 is 1.71 bits per heavy atom. The molecule has 0 bridgehead atoms. The van der Waals surface area contributed by atoms with Crippen molar-refractivity contribution in [2.45, 2.75) is 52.9 Å². The summed E-state index contributed by atoms with van der Waals surface area (Å²) in [4.78, 5) is 0. The molecular formula is C14H20N2S. The fourth-order valence-electron chi connectivity index (χ4n) is 2.49. The molecule has 0 saturated heterocycles. The molecule has 1 aromatic heterocycles. The quantitative estimate of drug-likeness (QED) is 0.746. The number of nitrogens with zero attached hydrogens (tertiary/aromatic N) is 2. The van der Waals surface area contributed by atoms with Gasteiger partial charge in [-0.15, -0.1) is 0 Å². The highest BCUT2D eigenvalue weighted by Gasteiger charge is 2.23. The SMILES string of the molecule is Cc1cc(C(C)C)c2nsnc2c1C(C)(C)C. The molecule has 0 unspecified atom stereocenters. The van der Waals surface area contributed by atoms with E-state index in [1.54, 1.807) is 0 Å². The number of benzene rings is 1. The minimum Gasteiger partial charge on any atom is -0.173 e. The van der Waals surface area contributed by atoms with E-state index in [2.05, 4.69) is 56.4 Å². The maximum atomic E-state index is 4.52. The molecule has 0 aliphatic rings. The van der Waals surface area contributed by atoms with E-state index in [1.165, 1.54) is 28.4 Å². The van der Waals surface area contributed by atoms with Crippen LogP contribution in [0.25, 0.3) is 11.0 Å². The molecule has 0 amide bonds. The monoisotopic (exact) mass is 248 g/mol. The average Bonchev–Trinajstić information content (AvgIpc) is 2.61. The zero-order valence-corrected chi connectivity index (χ0v) is 12.3. The van der Waals surface area contributed by atoms with Crippen LogP contribution < -0.4 is 0 Å². The molecule has 0 radical (unpaired) electrons. The Kier molecular flexibility index (Phi) is 2.98. The molecule has 0 aliphatic heterocycles. The maximum absolute atomic E-state index is 4.52. The Labute approximate surface area is 107 Å². The molecule has 2 nitrogen and oxygen atoms in total. The van der Waals surface area contributed by atoms with Crippen molar-refractivity contribution in [2.24, 2.45) is 0 Å². The number of rotatable bonds is 1. The summed E-state index contributed by atoms with van der Waals surface area (Å²) in [6.45, 7) is 13.3. The van der Waals surface area contributed by atoms with Gasteiger partial charge in [-0.2, -0.15) is 8.75 Å². The maximum Gasteiger partial charge on any atom is 0.109 e. The van der Waals surface area contributed by atoms with E-state index in [-0.39, 0.29) is 5.41 Å². The zero-order valence-electron chi connectivity index (χ0n) is 11.5. The smallest absolute Gasteiger partial charge is 0.109 e. The molecule has 0 fully saturated rings. The predicted octanol–water partition coefficient (Wildman–Crippen LogP) is 4.42. The molecule has 2 aromatic rings. The van der Waals surface area contributed by atoms with Gasteiger partial charge < -0.3 is 0 Å². The summed E-state index contributed by atoms with van der Waals surface area (Å²) in [6.07, 6.45) is 0. The Hall–Kier alpha value is -0.960. The van der Waals surface area contributed by atoms with Gasteiger partial charge in [-0.3, -0.25) is 0 Å². The standard InChI is InChI=1S/C14H20N2S/c1-8(2)10-7-9(3)11(14(4,5)6)13-12(10)15-17-16-13/h7-8H,1-6H3. The second-order valence-electron chi connectivity index (χ2n) is 6.02. The highest BCUT2D eigenvalue weighted by Crippen LogP contribution is 2.35. The lowest BCUT2D eigenvalue weighted by Gasteiger charge is -2.23. The van der Waals surface area contributed by atoms with Crippen molar-refractivity contribution in [3.8, 4) is 0 Å². The van der Waals surface area contributed by atoms with Crippen molar-refractivity contribution in [3.05, 3.63) is 22.8 Å². The van der Waals surface area contributed by atoms with Gasteiger partial charge in [0.2, 0.25) is 0 Å². The molecule has 0 saturated carbocycles. The zero-order chi connectivity index (χ0) is 12.8. The van der Waals surface area contributed by atoms with Crippen molar-refractivity contribution in [2.75, 3.05) is 0 Å². The van der Waals surface area contributed by atoms with Gasteiger partial charge in [0.1, 0.15) is 11.0 Å². The molecule has 0 aliphatic carbocycles. The molecule has 92 valence electrons. The average molecular weight is 248 g/mol. The fraction of sp³-hybridized carbons (Fsp3) is 0.571. The van der Waals surface area contributed by atoms with Crippen LogP contribution in [0.4, 0.5) is 0 Å². The van der Waals surface area contributed by atoms with Crippen LogP contribution in [0.5, 0.6) is 0 Å². The molecule has 1 heterocycles. The Morgan fingerprint density at radius 1 is 1.12 bits per heavy atom. The van der Waals surface area contributed by atoms with Gasteiger partial charge in [-0.05, 0) is 34.9 Å². The number of aryl methyl sites for hydroxylation is 1. The lowest BCUT2D eigenvalue weighted by molar-refractivity contribution is 0.590. The molecule has 17 heavy (non-hydrogen) atoms. The van der Waals surface area contributed by atoms with Crippen molar-refractivity contribution >= 4 is 22.8 Å². The van der Waals surface area contributed by atoms with E-state index in [0.717, 1.165) is 11.0 Å². The third-order valence-electron chi connectivity index (χ3n) is 3.14. The van der Waals surface area contributed by atoms with E-state index in [0.29, 0.717) is 5.92 Å². The van der Waals surface area contributed by atoms with Gasteiger partial charge in [-0.1, -0.05) is 40.7 Å². The largest absolute Gasteiger partial charge is 0.173 e. The van der Waals surface area contributed by atoms with Crippen LogP contribution in [-0.2, 0) is 5.41 Å². The fourth-order valence-corrected chi connectivity index (χ4v) is 3.06. The van der Waals surface area contributed by atoms with Crippen molar-refractivity contribution in [3.63, 3.8) is 0 Å². The second kappa shape index (κ2) is 4.05. The first-order valence-electron chi connectivity index (χ1n) is 6.08. The highest BCUT2D eigenvalue weighted by atomic mass is 32.1. The second-order valence-corrected chi connectivity index (χ2v) is 6.55. The summed E-state index contributed by atoms with van der Waals surface area (Å²) in [5.74, 6) is 0.495. The summed E-state index contributed by atoms with van der Waals surface area (Å²) in [7, 11) is 0. The summed E-state index contributed by atoms with van der Waals surface area (Å²) >= 11 is 1.32. The number of hydrogen-bond acceptors (Lipinski definition) is 3. The lowest BCUT2D eigenvalue weighted by atomic mass is 9.81. The van der Waals surface area contributed by atoms with Gasteiger partial charge in [-0.25, -0.2) is 0 Å². The molecule has 0 atom stereocenters. The van der Waals surface area contributed by atoms with Gasteiger partial charge in [0.25, 0.3) is 0 Å². The summed E-state index contributed by atoms with van der Waals surface area (Å²) in [6, 6.07) is 2.29. The van der Waals surface area contributed by atoms with E-state index in [4.69, 9.17) is 0 Å². The molecule has 0 spiro atoms. The van der Waals surface area contributed by atoms with Gasteiger partial charge in [0.05, 0.1) is 11.7 Å². The first kappa shape index (κ1) is 12.5. The van der Waals surface area contributed by atoms with Crippen LogP contribution in [0.2, 0.25) is 0 Å². The molecule has 1 aromatic carbocycles. The van der Waals surface area contributed by atoms with Gasteiger partial charge >= 0.3 is 0 Å². The Morgan fingerprint density at radius 3 is 2.24 bits per heavy atom. The lowest BCUT2D eigenvalue weighted by Crippen LogP contribution is -2.14. The van der Waals surface area contributed by atoms with Gasteiger partial charge in [0, 0.05) is 0 Å². The number of hydrogen-bond donors (Lipinski definition) is 0. The summed E-state index contributed by atoms with van der Waals surface area (Å²) < 4.78 is 9.01. The highest BCUT2D eigenvalue weighted by molar-refractivity contribution is 7.00. The van der Waals surface area contributed by atoms with Crippen LogP contribution in [0, 0.1) is 6.92 Å². The van der Waals surface area contributed by atoms with E-state index in [1.807, 2.05) is 0 Å². The van der Waals surface area contributed by atoms with E-state index in [9.17, 15) is 0 Å². The van der Waals surface area contributed by atoms with Gasteiger partial charge in [0.15, 0.2) is 0 Å². The van der Waals surface area contributed by atoms with E-state index < -0.39 is 0 Å². The predicted molar refractivity (Wildman–Crippen MR) is 74.9 cm³/mol. The van der Waals surface area contributed by atoms with E-state index >= 15 is 0 Å². The van der Waals surface area contributed by atoms with Crippen molar-refractivity contribution in [1.29, 1.82) is 0 Å². The number of aromatic nitrogens is 2.